The zero-order chi connectivity index (χ0) is 15.9. The Balaban J connectivity index is 2.07. The van der Waals surface area contributed by atoms with Crippen molar-refractivity contribution in [3.8, 4) is 5.75 Å². The highest BCUT2D eigenvalue weighted by molar-refractivity contribution is 6.10. The van der Waals surface area contributed by atoms with Gasteiger partial charge in [-0.3, -0.25) is 9.59 Å². The third-order valence-electron chi connectivity index (χ3n) is 4.05. The number of ether oxygens (including phenoxy) is 2. The van der Waals surface area contributed by atoms with Crippen LogP contribution in [-0.4, -0.2) is 31.6 Å². The second-order valence-electron chi connectivity index (χ2n) is 5.54. The maximum absolute atomic E-state index is 14.0. The van der Waals surface area contributed by atoms with Crippen molar-refractivity contribution in [3.05, 3.63) is 23.5 Å². The molecule has 0 spiro atoms. The van der Waals surface area contributed by atoms with Crippen LogP contribution in [0.25, 0.3) is 0 Å². The monoisotopic (exact) mass is 307 g/mol. The van der Waals surface area contributed by atoms with E-state index < -0.39 is 17.7 Å². The van der Waals surface area contributed by atoms with E-state index in [1.54, 1.807) is 13.0 Å². The highest BCUT2D eigenvalue weighted by atomic mass is 19.1. The SMILES string of the molecule is CCOC(=O)C1Cc2ccc(F)c(OC)c2N(C2CC2)C1=O. The molecule has 1 aliphatic heterocycles. The number of benzene rings is 1. The third-order valence-corrected chi connectivity index (χ3v) is 4.05. The van der Waals surface area contributed by atoms with Crippen molar-refractivity contribution in [2.24, 2.45) is 5.92 Å². The first-order valence-corrected chi connectivity index (χ1v) is 7.43. The first-order valence-electron chi connectivity index (χ1n) is 7.43. The van der Waals surface area contributed by atoms with Gasteiger partial charge in [0.05, 0.1) is 19.4 Å². The van der Waals surface area contributed by atoms with Gasteiger partial charge in [-0.2, -0.15) is 0 Å². The van der Waals surface area contributed by atoms with E-state index in [2.05, 4.69) is 0 Å². The van der Waals surface area contributed by atoms with Crippen LogP contribution in [0.5, 0.6) is 5.75 Å². The zero-order valence-electron chi connectivity index (χ0n) is 12.6. The van der Waals surface area contributed by atoms with Gasteiger partial charge in [-0.25, -0.2) is 4.39 Å². The summed E-state index contributed by atoms with van der Waals surface area (Å²) in [6, 6.07) is 2.93. The summed E-state index contributed by atoms with van der Waals surface area (Å²) in [4.78, 5) is 26.3. The maximum atomic E-state index is 14.0. The molecule has 2 aliphatic rings. The first-order chi connectivity index (χ1) is 10.6. The van der Waals surface area contributed by atoms with E-state index in [9.17, 15) is 14.0 Å². The van der Waals surface area contributed by atoms with Crippen molar-refractivity contribution in [1.29, 1.82) is 0 Å². The molecule has 0 radical (unpaired) electrons. The summed E-state index contributed by atoms with van der Waals surface area (Å²) in [5.41, 5.74) is 1.21. The lowest BCUT2D eigenvalue weighted by Gasteiger charge is -2.34. The molecule has 1 saturated carbocycles. The van der Waals surface area contributed by atoms with E-state index >= 15 is 0 Å². The minimum absolute atomic E-state index is 0.0131. The molecule has 0 aromatic heterocycles. The summed E-state index contributed by atoms with van der Waals surface area (Å²) >= 11 is 0. The lowest BCUT2D eigenvalue weighted by molar-refractivity contribution is -0.151. The van der Waals surface area contributed by atoms with Crippen LogP contribution in [0.4, 0.5) is 10.1 Å². The molecule has 22 heavy (non-hydrogen) atoms. The number of amides is 1. The molecule has 1 heterocycles. The molecule has 1 amide bonds. The Morgan fingerprint density at radius 3 is 2.73 bits per heavy atom. The molecule has 6 heteroatoms. The molecule has 118 valence electrons. The molecule has 0 bridgehead atoms. The molecule has 3 rings (SSSR count). The topological polar surface area (TPSA) is 55.8 Å². The van der Waals surface area contributed by atoms with E-state index in [0.29, 0.717) is 5.69 Å². The van der Waals surface area contributed by atoms with E-state index in [0.717, 1.165) is 18.4 Å². The normalized spacial score (nSPS) is 20.6. The fourth-order valence-corrected chi connectivity index (χ4v) is 2.92. The van der Waals surface area contributed by atoms with Crippen molar-refractivity contribution < 1.29 is 23.5 Å². The van der Waals surface area contributed by atoms with Crippen LogP contribution in [0, 0.1) is 11.7 Å². The standard InChI is InChI=1S/C16H18FNO4/c1-3-22-16(20)11-8-9-4-7-12(17)14(21-2)13(9)18(15(11)19)10-5-6-10/h4,7,10-11H,3,5-6,8H2,1-2H3. The number of hydrogen-bond donors (Lipinski definition) is 0. The minimum Gasteiger partial charge on any atom is -0.492 e. The molecular formula is C16H18FNO4. The van der Waals surface area contributed by atoms with Crippen molar-refractivity contribution in [2.45, 2.75) is 32.2 Å². The van der Waals surface area contributed by atoms with Crippen LogP contribution >= 0.6 is 0 Å². The van der Waals surface area contributed by atoms with Crippen LogP contribution in [0.1, 0.15) is 25.3 Å². The van der Waals surface area contributed by atoms with E-state index in [1.165, 1.54) is 18.1 Å². The predicted molar refractivity (Wildman–Crippen MR) is 77.3 cm³/mol. The average Bonchev–Trinajstić information content (AvgIpc) is 3.31. The number of carbonyl (C=O) groups is 2. The van der Waals surface area contributed by atoms with Gasteiger partial charge in [0, 0.05) is 6.04 Å². The number of methoxy groups -OCH3 is 1. The van der Waals surface area contributed by atoms with Gasteiger partial charge >= 0.3 is 5.97 Å². The molecule has 5 nitrogen and oxygen atoms in total. The van der Waals surface area contributed by atoms with Gasteiger partial charge in [-0.05, 0) is 37.8 Å². The molecule has 0 N–H and O–H groups in total. The maximum Gasteiger partial charge on any atom is 0.318 e. The summed E-state index contributed by atoms with van der Waals surface area (Å²) in [6.07, 6.45) is 1.91. The Morgan fingerprint density at radius 1 is 1.41 bits per heavy atom. The largest absolute Gasteiger partial charge is 0.492 e. The fraction of sp³-hybridized carbons (Fsp3) is 0.500. The zero-order valence-corrected chi connectivity index (χ0v) is 12.6. The van der Waals surface area contributed by atoms with Crippen LogP contribution < -0.4 is 9.64 Å². The highest BCUT2D eigenvalue weighted by Crippen LogP contribution is 2.45. The molecule has 0 saturated heterocycles. The number of esters is 1. The number of rotatable bonds is 4. The Labute approximate surface area is 128 Å². The lowest BCUT2D eigenvalue weighted by Crippen LogP contribution is -2.46. The van der Waals surface area contributed by atoms with E-state index in [1.807, 2.05) is 0 Å². The number of carbonyl (C=O) groups excluding carboxylic acids is 2. The number of halogens is 1. The van der Waals surface area contributed by atoms with Crippen LogP contribution in [0.2, 0.25) is 0 Å². The Morgan fingerprint density at radius 2 is 2.14 bits per heavy atom. The van der Waals surface area contributed by atoms with E-state index in [-0.39, 0.29) is 30.7 Å². The Hall–Kier alpha value is -2.11. The van der Waals surface area contributed by atoms with Crippen molar-refractivity contribution in [3.63, 3.8) is 0 Å². The number of nitrogens with zero attached hydrogens (tertiary/aromatic N) is 1. The third kappa shape index (κ3) is 2.32. The molecule has 1 atom stereocenters. The second kappa shape index (κ2) is 5.59. The molecule has 1 aliphatic carbocycles. The van der Waals surface area contributed by atoms with Gasteiger partial charge in [-0.1, -0.05) is 6.07 Å². The molecule has 1 aromatic carbocycles. The summed E-state index contributed by atoms with van der Waals surface area (Å²) in [6.45, 7) is 1.93. The fourth-order valence-electron chi connectivity index (χ4n) is 2.92. The second-order valence-corrected chi connectivity index (χ2v) is 5.54. The van der Waals surface area contributed by atoms with Gasteiger partial charge in [-0.15, -0.1) is 0 Å². The smallest absolute Gasteiger partial charge is 0.318 e. The summed E-state index contributed by atoms with van der Waals surface area (Å²) in [5.74, 6) is -2.14. The highest BCUT2D eigenvalue weighted by Gasteiger charge is 2.46. The summed E-state index contributed by atoms with van der Waals surface area (Å²) in [5, 5.41) is 0. The number of hydrogen-bond acceptors (Lipinski definition) is 4. The lowest BCUT2D eigenvalue weighted by atomic mass is 9.91. The van der Waals surface area contributed by atoms with Gasteiger partial charge in [0.2, 0.25) is 5.91 Å². The van der Waals surface area contributed by atoms with Gasteiger partial charge in [0.25, 0.3) is 0 Å². The predicted octanol–water partition coefficient (Wildman–Crippen LogP) is 2.07. The van der Waals surface area contributed by atoms with Crippen LogP contribution in [0.15, 0.2) is 12.1 Å². The molecule has 1 aromatic rings. The Bertz CT molecular complexity index is 627. The van der Waals surface area contributed by atoms with Crippen molar-refractivity contribution in [2.75, 3.05) is 18.6 Å². The molecular weight excluding hydrogens is 289 g/mol. The summed E-state index contributed by atoms with van der Waals surface area (Å²) in [7, 11) is 1.38. The van der Waals surface area contributed by atoms with Crippen molar-refractivity contribution >= 4 is 17.6 Å². The van der Waals surface area contributed by atoms with Crippen LogP contribution in [0.3, 0.4) is 0 Å². The van der Waals surface area contributed by atoms with Gasteiger partial charge in [0.15, 0.2) is 11.6 Å². The molecule has 1 unspecified atom stereocenters. The van der Waals surface area contributed by atoms with E-state index in [4.69, 9.17) is 9.47 Å². The quantitative estimate of drug-likeness (QED) is 0.631. The number of anilines is 1. The average molecular weight is 307 g/mol. The Kier molecular flexibility index (Phi) is 3.76. The molecule has 1 fully saturated rings. The van der Waals surface area contributed by atoms with Gasteiger partial charge < -0.3 is 14.4 Å². The minimum atomic E-state index is -0.858. The first kappa shape index (κ1) is 14.8. The summed E-state index contributed by atoms with van der Waals surface area (Å²) < 4.78 is 24.1. The van der Waals surface area contributed by atoms with Crippen molar-refractivity contribution in [1.82, 2.24) is 0 Å². The van der Waals surface area contributed by atoms with Gasteiger partial charge in [0.1, 0.15) is 5.92 Å². The number of fused-ring (bicyclic) bond motifs is 1. The van der Waals surface area contributed by atoms with Crippen LogP contribution in [-0.2, 0) is 20.7 Å².